The fraction of sp³-hybridized carbons (Fsp3) is 0.136. The standard InChI is InChI=1S/C22H19N2OP/c1-26(2,25)14-15-11-12-19-21(13-15)24-20-10-6-5-8-17(20)16-7-3-4-9-18(16)22(24)23-19/h3-13H,14H2,1-2H3. The van der Waals surface area contributed by atoms with E-state index in [-0.39, 0.29) is 0 Å². The first-order valence-electron chi connectivity index (χ1n) is 8.76. The summed E-state index contributed by atoms with van der Waals surface area (Å²) in [6.07, 6.45) is 0.613. The van der Waals surface area contributed by atoms with E-state index < -0.39 is 7.14 Å². The summed E-state index contributed by atoms with van der Waals surface area (Å²) < 4.78 is 14.5. The van der Waals surface area contributed by atoms with Crippen LogP contribution in [0.4, 0.5) is 0 Å². The van der Waals surface area contributed by atoms with Gasteiger partial charge in [0.15, 0.2) is 0 Å². The normalized spacial score (nSPS) is 12.5. The van der Waals surface area contributed by atoms with Gasteiger partial charge in [-0.25, -0.2) is 4.98 Å². The van der Waals surface area contributed by atoms with E-state index in [4.69, 9.17) is 4.98 Å². The molecule has 0 saturated heterocycles. The molecule has 0 radical (unpaired) electrons. The zero-order valence-electron chi connectivity index (χ0n) is 14.8. The Morgan fingerprint density at radius 2 is 1.54 bits per heavy atom. The van der Waals surface area contributed by atoms with Gasteiger partial charge in [0.2, 0.25) is 0 Å². The molecule has 0 N–H and O–H groups in total. The van der Waals surface area contributed by atoms with Gasteiger partial charge in [-0.1, -0.05) is 48.5 Å². The van der Waals surface area contributed by atoms with Crippen LogP contribution in [0.5, 0.6) is 0 Å². The molecule has 0 spiro atoms. The molecule has 0 unspecified atom stereocenters. The maximum atomic E-state index is 12.3. The molecule has 0 bridgehead atoms. The minimum atomic E-state index is -2.12. The molecule has 4 heteroatoms. The highest BCUT2D eigenvalue weighted by Gasteiger charge is 2.15. The molecule has 0 atom stereocenters. The molecule has 2 aromatic heterocycles. The Morgan fingerprint density at radius 1 is 0.846 bits per heavy atom. The highest BCUT2D eigenvalue weighted by atomic mass is 31.2. The number of para-hydroxylation sites is 1. The number of fused-ring (bicyclic) bond motifs is 8. The zero-order valence-corrected chi connectivity index (χ0v) is 15.7. The molecular formula is C22H19N2OP. The minimum absolute atomic E-state index is 0.613. The molecule has 5 rings (SSSR count). The summed E-state index contributed by atoms with van der Waals surface area (Å²) in [6, 6.07) is 23.1. The van der Waals surface area contributed by atoms with Crippen molar-refractivity contribution in [1.29, 1.82) is 0 Å². The Hall–Kier alpha value is -2.64. The van der Waals surface area contributed by atoms with E-state index in [2.05, 4.69) is 71.1 Å². The van der Waals surface area contributed by atoms with E-state index in [1.54, 1.807) is 0 Å². The van der Waals surface area contributed by atoms with E-state index >= 15 is 0 Å². The van der Waals surface area contributed by atoms with E-state index in [0.29, 0.717) is 6.16 Å². The summed E-state index contributed by atoms with van der Waals surface area (Å²) in [5.41, 5.74) is 5.27. The van der Waals surface area contributed by atoms with Gasteiger partial charge in [0, 0.05) is 16.9 Å². The van der Waals surface area contributed by atoms with Gasteiger partial charge in [-0.05, 0) is 42.5 Å². The molecule has 0 amide bonds. The molecule has 26 heavy (non-hydrogen) atoms. The van der Waals surface area contributed by atoms with Gasteiger partial charge < -0.3 is 4.57 Å². The molecular weight excluding hydrogens is 339 g/mol. The van der Waals surface area contributed by atoms with Crippen molar-refractivity contribution in [1.82, 2.24) is 9.38 Å². The average Bonchev–Trinajstić information content (AvgIpc) is 3.00. The van der Waals surface area contributed by atoms with E-state index in [9.17, 15) is 4.57 Å². The molecule has 0 saturated carbocycles. The second-order valence-electron chi connectivity index (χ2n) is 7.39. The van der Waals surface area contributed by atoms with Crippen molar-refractivity contribution in [2.75, 3.05) is 13.3 Å². The van der Waals surface area contributed by atoms with Gasteiger partial charge in [0.25, 0.3) is 0 Å². The highest BCUT2D eigenvalue weighted by molar-refractivity contribution is 7.61. The number of benzene rings is 3. The van der Waals surface area contributed by atoms with Crippen molar-refractivity contribution < 1.29 is 4.57 Å². The number of pyridine rings is 1. The van der Waals surface area contributed by atoms with Crippen molar-refractivity contribution in [2.45, 2.75) is 6.16 Å². The number of hydrogen-bond donors (Lipinski definition) is 0. The SMILES string of the molecule is CP(C)(=O)Cc1ccc2nc3c4ccccc4c4ccccc4n3c2c1. The van der Waals surface area contributed by atoms with Gasteiger partial charge in [0.05, 0.1) is 23.7 Å². The van der Waals surface area contributed by atoms with Crippen molar-refractivity contribution >= 4 is 45.5 Å². The highest BCUT2D eigenvalue weighted by Crippen LogP contribution is 2.41. The van der Waals surface area contributed by atoms with Crippen molar-refractivity contribution in [3.8, 4) is 0 Å². The number of rotatable bonds is 2. The third-order valence-electron chi connectivity index (χ3n) is 4.89. The summed E-state index contributed by atoms with van der Waals surface area (Å²) in [5, 5.41) is 3.59. The van der Waals surface area contributed by atoms with Crippen LogP contribution < -0.4 is 0 Å². The second-order valence-corrected chi connectivity index (χ2v) is 10.9. The fourth-order valence-corrected chi connectivity index (χ4v) is 4.97. The van der Waals surface area contributed by atoms with Crippen LogP contribution in [0.1, 0.15) is 5.56 Å². The van der Waals surface area contributed by atoms with Crippen molar-refractivity contribution in [3.05, 3.63) is 72.3 Å². The van der Waals surface area contributed by atoms with Gasteiger partial charge in [-0.15, -0.1) is 0 Å². The van der Waals surface area contributed by atoms with Crippen LogP contribution in [0.15, 0.2) is 66.7 Å². The first kappa shape index (κ1) is 15.6. The third kappa shape index (κ3) is 2.35. The lowest BCUT2D eigenvalue weighted by Crippen LogP contribution is -1.92. The minimum Gasteiger partial charge on any atom is -0.324 e. The summed E-state index contributed by atoms with van der Waals surface area (Å²) in [4.78, 5) is 4.92. The predicted octanol–water partition coefficient (Wildman–Crippen LogP) is 5.92. The maximum absolute atomic E-state index is 12.3. The first-order chi connectivity index (χ1) is 12.5. The Labute approximate surface area is 151 Å². The lowest BCUT2D eigenvalue weighted by Gasteiger charge is -2.09. The second kappa shape index (κ2) is 5.43. The third-order valence-corrected chi connectivity index (χ3v) is 6.01. The molecule has 5 aromatic rings. The Morgan fingerprint density at radius 3 is 2.31 bits per heavy atom. The molecule has 3 nitrogen and oxygen atoms in total. The maximum Gasteiger partial charge on any atom is 0.146 e. The first-order valence-corrected chi connectivity index (χ1v) is 11.5. The van der Waals surface area contributed by atoms with Crippen LogP contribution in [-0.4, -0.2) is 22.7 Å². The molecule has 128 valence electrons. The summed E-state index contributed by atoms with van der Waals surface area (Å²) in [5.74, 6) is 0. The number of nitrogens with zero attached hydrogens (tertiary/aromatic N) is 2. The fourth-order valence-electron chi connectivity index (χ4n) is 3.89. The van der Waals surface area contributed by atoms with Crippen LogP contribution in [0.25, 0.3) is 38.4 Å². The predicted molar refractivity (Wildman–Crippen MR) is 111 cm³/mol. The summed E-state index contributed by atoms with van der Waals surface area (Å²) >= 11 is 0. The summed E-state index contributed by atoms with van der Waals surface area (Å²) in [7, 11) is -2.12. The number of aromatic nitrogens is 2. The summed E-state index contributed by atoms with van der Waals surface area (Å²) in [6.45, 7) is 3.68. The van der Waals surface area contributed by atoms with Crippen LogP contribution in [0.2, 0.25) is 0 Å². The Bertz CT molecular complexity index is 1360. The quantitative estimate of drug-likeness (QED) is 0.290. The van der Waals surface area contributed by atoms with Gasteiger partial charge in [-0.2, -0.15) is 0 Å². The Kier molecular flexibility index (Phi) is 3.26. The van der Waals surface area contributed by atoms with Crippen LogP contribution >= 0.6 is 7.14 Å². The number of imidazole rings is 1. The van der Waals surface area contributed by atoms with E-state index in [1.807, 2.05) is 13.3 Å². The molecule has 0 aliphatic rings. The smallest absolute Gasteiger partial charge is 0.146 e. The van der Waals surface area contributed by atoms with Gasteiger partial charge >= 0.3 is 0 Å². The van der Waals surface area contributed by atoms with Crippen molar-refractivity contribution in [3.63, 3.8) is 0 Å². The molecule has 0 aliphatic heterocycles. The average molecular weight is 358 g/mol. The zero-order chi connectivity index (χ0) is 17.9. The van der Waals surface area contributed by atoms with Gasteiger partial charge in [-0.3, -0.25) is 4.40 Å². The largest absolute Gasteiger partial charge is 0.324 e. The van der Waals surface area contributed by atoms with Gasteiger partial charge in [0.1, 0.15) is 5.65 Å². The number of hydrogen-bond acceptors (Lipinski definition) is 2. The molecule has 2 heterocycles. The monoisotopic (exact) mass is 358 g/mol. The topological polar surface area (TPSA) is 34.4 Å². The molecule has 3 aromatic carbocycles. The Balaban J connectivity index is 1.98. The van der Waals surface area contributed by atoms with Crippen LogP contribution in [0, 0.1) is 0 Å². The van der Waals surface area contributed by atoms with E-state index in [1.165, 1.54) is 10.8 Å². The van der Waals surface area contributed by atoms with E-state index in [0.717, 1.165) is 33.1 Å². The van der Waals surface area contributed by atoms with Crippen molar-refractivity contribution in [2.24, 2.45) is 0 Å². The van der Waals surface area contributed by atoms with Crippen LogP contribution in [0.3, 0.4) is 0 Å². The lowest BCUT2D eigenvalue weighted by molar-refractivity contribution is 0.582. The molecule has 0 fully saturated rings. The lowest BCUT2D eigenvalue weighted by atomic mass is 10.1. The molecule has 0 aliphatic carbocycles. The van der Waals surface area contributed by atoms with Crippen LogP contribution in [-0.2, 0) is 10.7 Å².